The summed E-state index contributed by atoms with van der Waals surface area (Å²) in [5, 5.41) is 4.50. The van der Waals surface area contributed by atoms with E-state index in [-0.39, 0.29) is 0 Å². The van der Waals surface area contributed by atoms with Gasteiger partial charge >= 0.3 is 0 Å². The predicted molar refractivity (Wildman–Crippen MR) is 77.6 cm³/mol. The largest absolute Gasteiger partial charge is 0.497 e. The van der Waals surface area contributed by atoms with E-state index in [0.29, 0.717) is 0 Å². The summed E-state index contributed by atoms with van der Waals surface area (Å²) >= 11 is 0. The van der Waals surface area contributed by atoms with E-state index in [9.17, 15) is 0 Å². The molecule has 0 radical (unpaired) electrons. The molecular weight excluding hydrogens is 250 g/mol. The summed E-state index contributed by atoms with van der Waals surface area (Å²) in [7, 11) is 1.65. The van der Waals surface area contributed by atoms with E-state index in [1.165, 1.54) is 5.56 Å². The maximum Gasteiger partial charge on any atom is 0.181 e. The van der Waals surface area contributed by atoms with Gasteiger partial charge in [0.2, 0.25) is 0 Å². The predicted octanol–water partition coefficient (Wildman–Crippen LogP) is 3.00. The minimum atomic E-state index is 0.726. The van der Waals surface area contributed by atoms with Gasteiger partial charge in [-0.05, 0) is 29.8 Å². The van der Waals surface area contributed by atoms with E-state index in [0.717, 1.165) is 23.7 Å². The Hall–Kier alpha value is -2.62. The molecule has 1 aromatic heterocycles. The molecule has 0 fully saturated rings. The number of methoxy groups -OCH3 is 1. The number of ether oxygens (including phenoxy) is 1. The first kappa shape index (κ1) is 12.4. The molecular formula is C16H15N3O. The van der Waals surface area contributed by atoms with Gasteiger partial charge in [-0.15, -0.1) is 0 Å². The summed E-state index contributed by atoms with van der Waals surface area (Å²) in [5.41, 5.74) is 2.19. The third-order valence-corrected chi connectivity index (χ3v) is 3.07. The van der Waals surface area contributed by atoms with Crippen molar-refractivity contribution >= 4 is 0 Å². The van der Waals surface area contributed by atoms with Crippen LogP contribution >= 0.6 is 0 Å². The number of nitrogens with zero attached hydrogens (tertiary/aromatic N) is 3. The molecule has 0 amide bonds. The molecule has 0 spiro atoms. The van der Waals surface area contributed by atoms with E-state index < -0.39 is 0 Å². The minimum absolute atomic E-state index is 0.726. The zero-order valence-electron chi connectivity index (χ0n) is 11.2. The number of aromatic nitrogens is 3. The molecule has 3 rings (SSSR count). The molecule has 0 aliphatic rings. The van der Waals surface area contributed by atoms with Crippen LogP contribution in [0.15, 0.2) is 60.9 Å². The fraction of sp³-hybridized carbons (Fsp3) is 0.125. The first-order valence-corrected chi connectivity index (χ1v) is 6.43. The lowest BCUT2D eigenvalue weighted by Crippen LogP contribution is -1.99. The van der Waals surface area contributed by atoms with Crippen molar-refractivity contribution in [3.8, 4) is 17.1 Å². The van der Waals surface area contributed by atoms with E-state index in [2.05, 4.69) is 22.2 Å². The highest BCUT2D eigenvalue weighted by atomic mass is 16.5. The number of hydrogen-bond donors (Lipinski definition) is 0. The van der Waals surface area contributed by atoms with Gasteiger partial charge in [0.05, 0.1) is 13.7 Å². The minimum Gasteiger partial charge on any atom is -0.497 e. The van der Waals surface area contributed by atoms with Crippen LogP contribution in [0, 0.1) is 0 Å². The highest BCUT2D eigenvalue weighted by Gasteiger charge is 2.04. The SMILES string of the molecule is COc1ccc(-c2ncn(Cc3ccccc3)n2)cc1. The molecule has 0 aliphatic heterocycles. The smallest absolute Gasteiger partial charge is 0.181 e. The van der Waals surface area contributed by atoms with Gasteiger partial charge in [-0.3, -0.25) is 0 Å². The lowest BCUT2D eigenvalue weighted by atomic mass is 10.2. The Morgan fingerprint density at radius 1 is 1.00 bits per heavy atom. The Bertz CT molecular complexity index is 674. The van der Waals surface area contributed by atoms with Crippen LogP contribution in [0.25, 0.3) is 11.4 Å². The van der Waals surface area contributed by atoms with Gasteiger partial charge in [0.1, 0.15) is 12.1 Å². The maximum atomic E-state index is 5.14. The first-order valence-electron chi connectivity index (χ1n) is 6.43. The van der Waals surface area contributed by atoms with Crippen LogP contribution in [0.1, 0.15) is 5.56 Å². The van der Waals surface area contributed by atoms with Crippen LogP contribution in [-0.2, 0) is 6.54 Å². The molecule has 1 heterocycles. The molecule has 100 valence electrons. The Morgan fingerprint density at radius 3 is 2.45 bits per heavy atom. The second-order valence-electron chi connectivity index (χ2n) is 4.48. The molecule has 3 aromatic rings. The lowest BCUT2D eigenvalue weighted by molar-refractivity contribution is 0.415. The van der Waals surface area contributed by atoms with Crippen molar-refractivity contribution in [3.05, 3.63) is 66.5 Å². The van der Waals surface area contributed by atoms with E-state index in [1.807, 2.05) is 47.1 Å². The fourth-order valence-electron chi connectivity index (χ4n) is 2.01. The summed E-state index contributed by atoms with van der Waals surface area (Å²) in [5.74, 6) is 1.56. The van der Waals surface area contributed by atoms with Gasteiger partial charge in [-0.2, -0.15) is 5.10 Å². The quantitative estimate of drug-likeness (QED) is 0.728. The normalized spacial score (nSPS) is 10.4. The Balaban J connectivity index is 1.79. The van der Waals surface area contributed by atoms with E-state index in [1.54, 1.807) is 13.4 Å². The van der Waals surface area contributed by atoms with Crippen LogP contribution in [-0.4, -0.2) is 21.9 Å². The monoisotopic (exact) mass is 265 g/mol. The molecule has 0 bridgehead atoms. The average molecular weight is 265 g/mol. The molecule has 0 aliphatic carbocycles. The van der Waals surface area contributed by atoms with E-state index >= 15 is 0 Å². The Kier molecular flexibility index (Phi) is 3.46. The molecule has 0 atom stereocenters. The topological polar surface area (TPSA) is 39.9 Å². The number of hydrogen-bond acceptors (Lipinski definition) is 3. The average Bonchev–Trinajstić information content (AvgIpc) is 2.97. The molecule has 0 unspecified atom stereocenters. The van der Waals surface area contributed by atoms with Gasteiger partial charge in [-0.25, -0.2) is 9.67 Å². The summed E-state index contributed by atoms with van der Waals surface area (Å²) in [6, 6.07) is 18.0. The second-order valence-corrected chi connectivity index (χ2v) is 4.48. The van der Waals surface area contributed by atoms with Gasteiger partial charge in [-0.1, -0.05) is 30.3 Å². The first-order chi connectivity index (χ1) is 9.85. The maximum absolute atomic E-state index is 5.14. The third kappa shape index (κ3) is 2.69. The van der Waals surface area contributed by atoms with Crippen molar-refractivity contribution < 1.29 is 4.74 Å². The zero-order valence-corrected chi connectivity index (χ0v) is 11.2. The molecule has 20 heavy (non-hydrogen) atoms. The lowest BCUT2D eigenvalue weighted by Gasteiger charge is -2.01. The van der Waals surface area contributed by atoms with Crippen molar-refractivity contribution in [2.75, 3.05) is 7.11 Å². The van der Waals surface area contributed by atoms with Crippen LogP contribution in [0.4, 0.5) is 0 Å². The van der Waals surface area contributed by atoms with Crippen LogP contribution < -0.4 is 4.74 Å². The van der Waals surface area contributed by atoms with Crippen molar-refractivity contribution in [2.45, 2.75) is 6.54 Å². The standard InChI is InChI=1S/C16H15N3O/c1-20-15-9-7-14(8-10-15)16-17-12-19(18-16)11-13-5-3-2-4-6-13/h2-10,12H,11H2,1H3. The number of rotatable bonds is 4. The fourth-order valence-corrected chi connectivity index (χ4v) is 2.01. The molecule has 4 heteroatoms. The summed E-state index contributed by atoms with van der Waals surface area (Å²) in [4.78, 5) is 4.35. The molecule has 2 aromatic carbocycles. The molecule has 4 nitrogen and oxygen atoms in total. The Labute approximate surface area is 117 Å². The van der Waals surface area contributed by atoms with Gasteiger partial charge < -0.3 is 4.74 Å². The van der Waals surface area contributed by atoms with Crippen molar-refractivity contribution in [2.24, 2.45) is 0 Å². The summed E-state index contributed by atoms with van der Waals surface area (Å²) in [6.45, 7) is 0.726. The van der Waals surface area contributed by atoms with E-state index in [4.69, 9.17) is 4.74 Å². The van der Waals surface area contributed by atoms with Crippen LogP contribution in [0.5, 0.6) is 5.75 Å². The Morgan fingerprint density at radius 2 is 1.75 bits per heavy atom. The van der Waals surface area contributed by atoms with Crippen LogP contribution in [0.3, 0.4) is 0 Å². The van der Waals surface area contributed by atoms with Crippen molar-refractivity contribution in [3.63, 3.8) is 0 Å². The zero-order chi connectivity index (χ0) is 13.8. The molecule has 0 N–H and O–H groups in total. The highest BCUT2D eigenvalue weighted by Crippen LogP contribution is 2.18. The van der Waals surface area contributed by atoms with Gasteiger partial charge in [0.15, 0.2) is 5.82 Å². The molecule has 0 saturated heterocycles. The second kappa shape index (κ2) is 5.57. The highest BCUT2D eigenvalue weighted by molar-refractivity contribution is 5.55. The van der Waals surface area contributed by atoms with Crippen molar-refractivity contribution in [1.82, 2.24) is 14.8 Å². The molecule has 0 saturated carbocycles. The van der Waals surface area contributed by atoms with Gasteiger partial charge in [0.25, 0.3) is 0 Å². The van der Waals surface area contributed by atoms with Crippen LogP contribution in [0.2, 0.25) is 0 Å². The summed E-state index contributed by atoms with van der Waals surface area (Å²) in [6.07, 6.45) is 1.76. The number of benzene rings is 2. The summed E-state index contributed by atoms with van der Waals surface area (Å²) < 4.78 is 6.99. The van der Waals surface area contributed by atoms with Crippen molar-refractivity contribution in [1.29, 1.82) is 0 Å². The third-order valence-electron chi connectivity index (χ3n) is 3.07. The van der Waals surface area contributed by atoms with Gasteiger partial charge in [0, 0.05) is 5.56 Å².